The van der Waals surface area contributed by atoms with Gasteiger partial charge in [0.05, 0.1) is 24.6 Å². The summed E-state index contributed by atoms with van der Waals surface area (Å²) in [7, 11) is 1.66. The molecule has 7 heteroatoms. The first-order valence-corrected chi connectivity index (χ1v) is 10.3. The molecule has 2 heterocycles. The van der Waals surface area contributed by atoms with Crippen LogP contribution in [0.15, 0.2) is 61.1 Å². The highest BCUT2D eigenvalue weighted by Crippen LogP contribution is 2.20. The normalized spacial score (nSPS) is 16.8. The number of imidazole rings is 1. The lowest BCUT2D eigenvalue weighted by Crippen LogP contribution is -2.58. The van der Waals surface area contributed by atoms with Crippen LogP contribution in [0.4, 0.5) is 4.39 Å². The topological polar surface area (TPSA) is 58.4 Å². The quantitative estimate of drug-likeness (QED) is 0.576. The molecule has 1 aromatic heterocycles. The summed E-state index contributed by atoms with van der Waals surface area (Å²) in [6, 6.07) is 14.4. The summed E-state index contributed by atoms with van der Waals surface area (Å²) in [5.74, 6) is -1.31. The summed E-state index contributed by atoms with van der Waals surface area (Å²) in [6.07, 6.45) is 4.01. The Bertz CT molecular complexity index is 1110. The molecule has 0 radical (unpaired) electrons. The van der Waals surface area contributed by atoms with E-state index in [9.17, 15) is 14.0 Å². The summed E-state index contributed by atoms with van der Waals surface area (Å²) in [5.41, 5.74) is 3.88. The first-order chi connectivity index (χ1) is 14.9. The number of aromatic nitrogens is 2. The number of carbonyl (C=O) groups excluding carboxylic acids is 2. The summed E-state index contributed by atoms with van der Waals surface area (Å²) >= 11 is 0. The molecule has 0 spiro atoms. The highest BCUT2D eigenvalue weighted by Gasteiger charge is 2.37. The smallest absolute Gasteiger partial charge is 0.312 e. The molecular formula is C24H25FN4O2. The summed E-state index contributed by atoms with van der Waals surface area (Å²) in [5, 5.41) is 0. The van der Waals surface area contributed by atoms with E-state index in [2.05, 4.69) is 11.1 Å². The van der Waals surface area contributed by atoms with Crippen molar-refractivity contribution < 1.29 is 14.0 Å². The average molecular weight is 420 g/mol. The van der Waals surface area contributed by atoms with Gasteiger partial charge in [-0.3, -0.25) is 9.59 Å². The Morgan fingerprint density at radius 2 is 1.81 bits per heavy atom. The number of benzene rings is 2. The third-order valence-electron chi connectivity index (χ3n) is 5.64. The number of rotatable bonds is 6. The number of aryl methyl sites for hydroxylation is 1. The number of hydrogen-bond acceptors (Lipinski definition) is 3. The molecule has 1 atom stereocenters. The number of piperazine rings is 1. The predicted molar refractivity (Wildman–Crippen MR) is 115 cm³/mol. The van der Waals surface area contributed by atoms with Gasteiger partial charge in [0.1, 0.15) is 5.82 Å². The van der Waals surface area contributed by atoms with Crippen LogP contribution in [0.1, 0.15) is 22.4 Å². The molecule has 1 aliphatic heterocycles. The molecule has 1 unspecified atom stereocenters. The zero-order valence-corrected chi connectivity index (χ0v) is 17.7. The Kier molecular flexibility index (Phi) is 5.84. The summed E-state index contributed by atoms with van der Waals surface area (Å²) < 4.78 is 15.5. The number of halogens is 1. The Labute approximate surface area is 180 Å². The Balaban J connectivity index is 1.58. The van der Waals surface area contributed by atoms with E-state index in [1.807, 2.05) is 35.8 Å². The van der Waals surface area contributed by atoms with Gasteiger partial charge in [0.25, 0.3) is 0 Å². The standard InChI is InChI=1S/C24H25FN4O2/c1-17-5-3-6-18(9-17)11-21-14-27(2)23(30)24(31)29(21)15-22-12-26-16-28(22)13-19-7-4-8-20(25)10-19/h3-10,12,16,21H,11,13-15H2,1-2H3. The van der Waals surface area contributed by atoms with Gasteiger partial charge in [-0.05, 0) is 36.6 Å². The number of likely N-dealkylation sites (N-methyl/N-ethyl adjacent to an activating group) is 1. The molecule has 0 bridgehead atoms. The van der Waals surface area contributed by atoms with Crippen molar-refractivity contribution in [3.8, 4) is 0 Å². The number of hydrogen-bond donors (Lipinski definition) is 0. The van der Waals surface area contributed by atoms with Gasteiger partial charge in [0.2, 0.25) is 0 Å². The van der Waals surface area contributed by atoms with E-state index in [-0.39, 0.29) is 18.4 Å². The van der Waals surface area contributed by atoms with Crippen molar-refractivity contribution in [2.24, 2.45) is 0 Å². The van der Waals surface area contributed by atoms with Crippen molar-refractivity contribution in [2.75, 3.05) is 13.6 Å². The van der Waals surface area contributed by atoms with Crippen LogP contribution in [0, 0.1) is 12.7 Å². The van der Waals surface area contributed by atoms with Crippen molar-refractivity contribution in [1.82, 2.24) is 19.4 Å². The van der Waals surface area contributed by atoms with Gasteiger partial charge in [-0.2, -0.15) is 0 Å². The predicted octanol–water partition coefficient (Wildman–Crippen LogP) is 2.79. The molecule has 1 saturated heterocycles. The molecule has 1 fully saturated rings. The lowest BCUT2D eigenvalue weighted by molar-refractivity contribution is -0.158. The van der Waals surface area contributed by atoms with Crippen molar-refractivity contribution in [3.05, 3.63) is 89.3 Å². The average Bonchev–Trinajstić information content (AvgIpc) is 3.16. The first kappa shape index (κ1) is 20.8. The summed E-state index contributed by atoms with van der Waals surface area (Å²) in [6.45, 7) is 3.21. The summed E-state index contributed by atoms with van der Waals surface area (Å²) in [4.78, 5) is 32.7. The van der Waals surface area contributed by atoms with E-state index < -0.39 is 11.8 Å². The molecule has 6 nitrogen and oxygen atoms in total. The van der Waals surface area contributed by atoms with Crippen molar-refractivity contribution in [1.29, 1.82) is 0 Å². The van der Waals surface area contributed by atoms with E-state index in [4.69, 9.17) is 0 Å². The second-order valence-electron chi connectivity index (χ2n) is 8.11. The van der Waals surface area contributed by atoms with Crippen LogP contribution >= 0.6 is 0 Å². The van der Waals surface area contributed by atoms with E-state index >= 15 is 0 Å². The molecule has 2 aromatic carbocycles. The molecule has 0 aliphatic carbocycles. The van der Waals surface area contributed by atoms with E-state index in [0.29, 0.717) is 19.5 Å². The van der Waals surface area contributed by atoms with Gasteiger partial charge < -0.3 is 14.4 Å². The second-order valence-corrected chi connectivity index (χ2v) is 8.11. The van der Waals surface area contributed by atoms with Crippen LogP contribution in [-0.2, 0) is 29.1 Å². The largest absolute Gasteiger partial charge is 0.335 e. The molecule has 0 N–H and O–H groups in total. The van der Waals surface area contributed by atoms with Gasteiger partial charge in [-0.25, -0.2) is 9.37 Å². The van der Waals surface area contributed by atoms with Gasteiger partial charge in [0, 0.05) is 26.3 Å². The van der Waals surface area contributed by atoms with Gasteiger partial charge >= 0.3 is 11.8 Å². The van der Waals surface area contributed by atoms with Crippen LogP contribution in [0.3, 0.4) is 0 Å². The number of nitrogens with zero attached hydrogens (tertiary/aromatic N) is 4. The van der Waals surface area contributed by atoms with Gasteiger partial charge in [0.15, 0.2) is 0 Å². The minimum absolute atomic E-state index is 0.144. The maximum atomic E-state index is 13.6. The fourth-order valence-corrected chi connectivity index (χ4v) is 4.07. The number of amides is 2. The SMILES string of the molecule is Cc1cccc(CC2CN(C)C(=O)C(=O)N2Cc2cncn2Cc2cccc(F)c2)c1. The van der Waals surface area contributed by atoms with E-state index in [1.165, 1.54) is 17.0 Å². The molecule has 0 saturated carbocycles. The fourth-order valence-electron chi connectivity index (χ4n) is 4.07. The highest BCUT2D eigenvalue weighted by atomic mass is 19.1. The third kappa shape index (κ3) is 4.66. The molecule has 4 rings (SSSR count). The lowest BCUT2D eigenvalue weighted by atomic mass is 10.00. The number of carbonyl (C=O) groups is 2. The molecular weight excluding hydrogens is 395 g/mol. The van der Waals surface area contributed by atoms with E-state index in [0.717, 1.165) is 22.4 Å². The molecule has 1 aliphatic rings. The molecule has 2 amide bonds. The zero-order valence-electron chi connectivity index (χ0n) is 17.7. The minimum Gasteiger partial charge on any atom is -0.335 e. The zero-order chi connectivity index (χ0) is 22.0. The monoisotopic (exact) mass is 420 g/mol. The van der Waals surface area contributed by atoms with Gasteiger partial charge in [-0.15, -0.1) is 0 Å². The van der Waals surface area contributed by atoms with Gasteiger partial charge in [-0.1, -0.05) is 42.0 Å². The fraction of sp³-hybridized carbons (Fsp3) is 0.292. The van der Waals surface area contributed by atoms with Crippen LogP contribution in [-0.4, -0.2) is 50.8 Å². The Morgan fingerprint density at radius 3 is 2.58 bits per heavy atom. The molecule has 3 aromatic rings. The van der Waals surface area contributed by atoms with Crippen LogP contribution in [0.2, 0.25) is 0 Å². The maximum Gasteiger partial charge on any atom is 0.312 e. The second kappa shape index (κ2) is 8.71. The van der Waals surface area contributed by atoms with Crippen LogP contribution < -0.4 is 0 Å². The van der Waals surface area contributed by atoms with E-state index in [1.54, 1.807) is 30.5 Å². The molecule has 31 heavy (non-hydrogen) atoms. The van der Waals surface area contributed by atoms with Crippen LogP contribution in [0.25, 0.3) is 0 Å². The molecule has 160 valence electrons. The third-order valence-corrected chi connectivity index (χ3v) is 5.64. The van der Waals surface area contributed by atoms with Crippen molar-refractivity contribution in [2.45, 2.75) is 32.5 Å². The highest BCUT2D eigenvalue weighted by molar-refractivity contribution is 6.35. The maximum absolute atomic E-state index is 13.6. The Hall–Kier alpha value is -3.48. The first-order valence-electron chi connectivity index (χ1n) is 10.3. The minimum atomic E-state index is -0.509. The van der Waals surface area contributed by atoms with Crippen LogP contribution in [0.5, 0.6) is 0 Å². The van der Waals surface area contributed by atoms with Crippen molar-refractivity contribution >= 4 is 11.8 Å². The van der Waals surface area contributed by atoms with Crippen molar-refractivity contribution in [3.63, 3.8) is 0 Å². The lowest BCUT2D eigenvalue weighted by Gasteiger charge is -2.39. The Morgan fingerprint density at radius 1 is 1.03 bits per heavy atom.